The molecule has 0 saturated heterocycles. The van der Waals surface area contributed by atoms with Crippen LogP contribution in [0.2, 0.25) is 0 Å². The van der Waals surface area contributed by atoms with Gasteiger partial charge in [0.15, 0.2) is 0 Å². The van der Waals surface area contributed by atoms with Crippen molar-refractivity contribution in [2.24, 2.45) is 0 Å². The molecule has 16 aromatic rings. The lowest BCUT2D eigenvalue weighted by atomic mass is 9.70. The van der Waals surface area contributed by atoms with E-state index < -0.39 is 0 Å². The minimum Gasteiger partial charge on any atom is -0.456 e. The van der Waals surface area contributed by atoms with Crippen molar-refractivity contribution in [1.82, 2.24) is 0 Å². The lowest BCUT2D eigenvalue weighted by Gasteiger charge is -2.34. The molecule has 2 aliphatic carbocycles. The minimum atomic E-state index is 0.00933. The second-order valence-electron chi connectivity index (χ2n) is 35.0. The van der Waals surface area contributed by atoms with Crippen LogP contribution in [0.4, 0.5) is 34.1 Å². The molecule has 616 valence electrons. The van der Waals surface area contributed by atoms with E-state index in [2.05, 4.69) is 353 Å². The van der Waals surface area contributed by atoms with Gasteiger partial charge in [-0.1, -0.05) is 412 Å². The van der Waals surface area contributed by atoms with Crippen LogP contribution in [0.3, 0.4) is 0 Å². The van der Waals surface area contributed by atoms with Crippen LogP contribution in [0.1, 0.15) is 230 Å². The van der Waals surface area contributed by atoms with Gasteiger partial charge in [0.25, 0.3) is 0 Å². The zero-order valence-corrected chi connectivity index (χ0v) is 72.7. The average molecular weight is 1600 g/mol. The number of furan rings is 2. The zero-order chi connectivity index (χ0) is 82.9. The lowest BCUT2D eigenvalue weighted by molar-refractivity contribution is 0.398. The van der Waals surface area contributed by atoms with Crippen molar-refractivity contribution >= 4 is 78.0 Å². The largest absolute Gasteiger partial charge is 0.456 e. The van der Waals surface area contributed by atoms with Crippen LogP contribution >= 0.6 is 0 Å². The Morgan fingerprint density at radius 1 is 0.197 bits per heavy atom. The molecule has 0 fully saturated rings. The van der Waals surface area contributed by atoms with Gasteiger partial charge in [-0.2, -0.15) is 0 Å². The van der Waals surface area contributed by atoms with Crippen LogP contribution in [-0.4, -0.2) is 0 Å². The molecule has 122 heavy (non-hydrogen) atoms. The van der Waals surface area contributed by atoms with E-state index in [4.69, 9.17) is 8.83 Å². The highest BCUT2D eigenvalue weighted by atomic mass is 16.3. The van der Waals surface area contributed by atoms with Gasteiger partial charge in [0.1, 0.15) is 22.3 Å². The third kappa shape index (κ3) is 17.7. The summed E-state index contributed by atoms with van der Waals surface area (Å²) in [6.45, 7) is 9.27. The van der Waals surface area contributed by atoms with Gasteiger partial charge >= 0.3 is 0 Å². The van der Waals surface area contributed by atoms with Crippen LogP contribution in [0, 0.1) is 0 Å². The van der Waals surface area contributed by atoms with E-state index in [-0.39, 0.29) is 10.8 Å². The Bertz CT molecular complexity index is 6040. The molecule has 2 aromatic heterocycles. The van der Waals surface area contributed by atoms with E-state index in [0.717, 1.165) is 77.8 Å². The van der Waals surface area contributed by atoms with Crippen molar-refractivity contribution in [2.75, 3.05) is 9.80 Å². The fourth-order valence-electron chi connectivity index (χ4n) is 20.6. The van der Waals surface area contributed by atoms with Crippen LogP contribution in [0.5, 0.6) is 0 Å². The number of hydrogen-bond acceptors (Lipinski definition) is 4. The molecule has 0 atom stereocenters. The summed E-state index contributed by atoms with van der Waals surface area (Å²) in [7, 11) is 0. The number of para-hydroxylation sites is 3. The molecule has 4 nitrogen and oxygen atoms in total. The number of rotatable bonds is 38. The van der Waals surface area contributed by atoms with E-state index in [1.54, 1.807) is 11.1 Å². The standard InChI is InChI=1S/2C59H61NO/c1-3-5-7-9-11-20-41-59(42-21-12-10-8-6-4-2)55-29-18-16-25-51(55)52-40-39-49(43-56(52)59)60(47-35-31-45(32-36-47)44-23-14-13-15-24-44)48-37-33-46(34-38-48)50-27-22-28-54-53-26-17-19-30-57(53)61-58(50)54;1-3-5-7-9-11-20-40-59(41-21-12-10-8-6-4-2)55-26-18-16-24-51(55)52-38-37-50(43-56(52)59)60(48-33-28-45(29-34-48)44-22-14-13-15-23-44)49-35-30-46(31-36-49)47-32-39-58-54(42-47)53-25-17-19-27-57(53)61-58/h13-19,22-40,43H,3-12,20-21,41-42H2,1-2H3;13-19,22-39,42-43H,3-12,20-21,40-41H2,1-2H3. The summed E-state index contributed by atoms with van der Waals surface area (Å²) in [5.74, 6) is 0. The molecular formula is C118H122N2O2. The summed E-state index contributed by atoms with van der Waals surface area (Å²) in [5.41, 5.74) is 32.2. The Labute approximate surface area is 726 Å². The molecule has 14 aromatic carbocycles. The predicted molar refractivity (Wildman–Crippen MR) is 523 cm³/mol. The number of hydrogen-bond donors (Lipinski definition) is 0. The molecule has 0 saturated carbocycles. The average Bonchev–Trinajstić information content (AvgIpc) is 1.56. The summed E-state index contributed by atoms with van der Waals surface area (Å²) in [5, 5.41) is 4.62. The monoisotopic (exact) mass is 1600 g/mol. The van der Waals surface area contributed by atoms with Gasteiger partial charge in [-0.25, -0.2) is 0 Å². The molecule has 0 radical (unpaired) electrons. The fourth-order valence-corrected chi connectivity index (χ4v) is 20.6. The number of unbranched alkanes of at least 4 members (excludes halogenated alkanes) is 20. The first-order chi connectivity index (χ1) is 60.3. The molecule has 2 heterocycles. The Morgan fingerprint density at radius 2 is 0.500 bits per heavy atom. The smallest absolute Gasteiger partial charge is 0.143 e. The Hall–Kier alpha value is -11.7. The summed E-state index contributed by atoms with van der Waals surface area (Å²) in [6, 6.07) is 121. The van der Waals surface area contributed by atoms with Crippen molar-refractivity contribution in [3.63, 3.8) is 0 Å². The van der Waals surface area contributed by atoms with Crippen molar-refractivity contribution in [1.29, 1.82) is 0 Å². The van der Waals surface area contributed by atoms with Crippen molar-refractivity contribution in [2.45, 2.75) is 218 Å². The highest BCUT2D eigenvalue weighted by Crippen LogP contribution is 2.58. The summed E-state index contributed by atoms with van der Waals surface area (Å²) in [4.78, 5) is 4.96. The first-order valence-electron chi connectivity index (χ1n) is 46.8. The summed E-state index contributed by atoms with van der Waals surface area (Å²) >= 11 is 0. The number of benzene rings is 14. The summed E-state index contributed by atoms with van der Waals surface area (Å²) < 4.78 is 12.7. The molecule has 4 heteroatoms. The third-order valence-corrected chi connectivity index (χ3v) is 27.0. The first-order valence-corrected chi connectivity index (χ1v) is 46.8. The molecule has 0 aliphatic heterocycles. The molecule has 18 rings (SSSR count). The Kier molecular flexibility index (Phi) is 26.7. The maximum absolute atomic E-state index is 6.48. The molecule has 0 N–H and O–H groups in total. The second-order valence-corrected chi connectivity index (χ2v) is 35.0. The molecule has 0 spiro atoms. The predicted octanol–water partition coefficient (Wildman–Crippen LogP) is 36.3. The van der Waals surface area contributed by atoms with E-state index in [1.807, 2.05) is 12.1 Å². The molecule has 0 amide bonds. The molecular weight excluding hydrogens is 1480 g/mol. The van der Waals surface area contributed by atoms with Gasteiger partial charge in [0.05, 0.1) is 0 Å². The number of fused-ring (bicyclic) bond motifs is 12. The SMILES string of the molecule is CCCCCCCCC1(CCCCCCCC)c2ccccc2-c2ccc(N(c3ccc(-c4ccccc4)cc3)c3ccc(-c4ccc5oc6ccccc6c5c4)cc3)cc21.CCCCCCCCC1(CCCCCCCC)c2ccccc2-c2ccc(N(c3ccc(-c4ccccc4)cc3)c3ccc(-c4cccc5c4oc4ccccc45)cc3)cc21. The quantitative estimate of drug-likeness (QED) is 0.0361. The maximum atomic E-state index is 6.48. The van der Waals surface area contributed by atoms with Crippen molar-refractivity contribution in [3.8, 4) is 66.8 Å². The van der Waals surface area contributed by atoms with Gasteiger partial charge in [0.2, 0.25) is 0 Å². The highest BCUT2D eigenvalue weighted by molar-refractivity contribution is 6.10. The van der Waals surface area contributed by atoms with E-state index in [0.29, 0.717) is 0 Å². The van der Waals surface area contributed by atoms with Crippen LogP contribution in [0.15, 0.2) is 336 Å². The Balaban J connectivity index is 0.000000173. The van der Waals surface area contributed by atoms with E-state index in [1.165, 1.54) is 258 Å². The van der Waals surface area contributed by atoms with Crippen molar-refractivity contribution in [3.05, 3.63) is 350 Å². The molecule has 2 aliphatic rings. The van der Waals surface area contributed by atoms with Gasteiger partial charge in [0, 0.05) is 72.1 Å². The Morgan fingerprint density at radius 3 is 0.934 bits per heavy atom. The van der Waals surface area contributed by atoms with Crippen LogP contribution in [0.25, 0.3) is 111 Å². The van der Waals surface area contributed by atoms with Gasteiger partial charge < -0.3 is 18.6 Å². The molecule has 0 unspecified atom stereocenters. The normalized spacial score (nSPS) is 12.8. The first kappa shape index (κ1) is 82.6. The topological polar surface area (TPSA) is 32.8 Å². The van der Waals surface area contributed by atoms with E-state index >= 15 is 0 Å². The highest BCUT2D eigenvalue weighted by Gasteiger charge is 2.44. The van der Waals surface area contributed by atoms with Gasteiger partial charge in [-0.05, 0) is 206 Å². The van der Waals surface area contributed by atoms with Crippen LogP contribution < -0.4 is 9.80 Å². The summed E-state index contributed by atoms with van der Waals surface area (Å²) in [6.07, 6.45) is 36.4. The van der Waals surface area contributed by atoms with Gasteiger partial charge in [-0.3, -0.25) is 0 Å². The third-order valence-electron chi connectivity index (χ3n) is 27.0. The lowest BCUT2D eigenvalue weighted by Crippen LogP contribution is -2.26. The zero-order valence-electron chi connectivity index (χ0n) is 72.7. The fraction of sp³-hybridized carbons (Fsp3) is 0.288. The number of nitrogens with zero attached hydrogens (tertiary/aromatic N) is 2. The molecule has 0 bridgehead atoms. The number of anilines is 6. The maximum Gasteiger partial charge on any atom is 0.143 e. The minimum absolute atomic E-state index is 0.00933. The van der Waals surface area contributed by atoms with Gasteiger partial charge in [-0.15, -0.1) is 0 Å². The van der Waals surface area contributed by atoms with Crippen LogP contribution in [-0.2, 0) is 10.8 Å². The second kappa shape index (κ2) is 39.4. The van der Waals surface area contributed by atoms with E-state index in [9.17, 15) is 0 Å². The van der Waals surface area contributed by atoms with Crippen molar-refractivity contribution < 1.29 is 8.83 Å².